The van der Waals surface area contributed by atoms with E-state index in [1.807, 2.05) is 51.9 Å². The van der Waals surface area contributed by atoms with Gasteiger partial charge in [0.15, 0.2) is 0 Å². The van der Waals surface area contributed by atoms with Crippen LogP contribution in [-0.4, -0.2) is 12.6 Å². The van der Waals surface area contributed by atoms with Crippen molar-refractivity contribution in [2.24, 2.45) is 0 Å². The van der Waals surface area contributed by atoms with Crippen LogP contribution in [0.25, 0.3) is 0 Å². The van der Waals surface area contributed by atoms with Gasteiger partial charge >= 0.3 is 5.97 Å². The van der Waals surface area contributed by atoms with Crippen LogP contribution in [0, 0.1) is 63.7 Å². The van der Waals surface area contributed by atoms with Gasteiger partial charge in [0.05, 0.1) is 6.61 Å². The van der Waals surface area contributed by atoms with Gasteiger partial charge in [0.1, 0.15) is 0 Å². The Balaban J connectivity index is 0.000000507. The molecule has 0 aromatic rings. The molecule has 0 atom stereocenters. The Labute approximate surface area is 135 Å². The predicted octanol–water partition coefficient (Wildman–Crippen LogP) is 3.53. The first-order valence-electron chi connectivity index (χ1n) is 6.86. The van der Waals surface area contributed by atoms with Crippen LogP contribution >= 0.6 is 0 Å². The van der Waals surface area contributed by atoms with E-state index in [-0.39, 0.29) is 23.0 Å². The van der Waals surface area contributed by atoms with E-state index in [1.165, 1.54) is 5.92 Å². The van der Waals surface area contributed by atoms with E-state index in [0.29, 0.717) is 13.0 Å². The zero-order valence-corrected chi connectivity index (χ0v) is 13.0. The first kappa shape index (κ1) is 20.0. The van der Waals surface area contributed by atoms with Gasteiger partial charge in [-0.15, -0.1) is 0 Å². The molecule has 2 fully saturated rings. The van der Waals surface area contributed by atoms with Crippen LogP contribution in [0.1, 0.15) is 32.6 Å². The molecule has 0 amide bonds. The molecule has 2 aliphatic carbocycles. The molecule has 0 N–H and O–H groups in total. The maximum Gasteiger partial charge on any atom is 0.305 e. The topological polar surface area (TPSA) is 26.3 Å². The molecule has 0 saturated heterocycles. The Bertz CT molecular complexity index is 213. The van der Waals surface area contributed by atoms with Crippen molar-refractivity contribution in [2.75, 3.05) is 6.61 Å². The summed E-state index contributed by atoms with van der Waals surface area (Å²) in [5.41, 5.74) is 0. The molecular weight excluding hydrogens is 292 g/mol. The Morgan fingerprint density at radius 2 is 1.50 bits per heavy atom. The third-order valence-electron chi connectivity index (χ3n) is 2.69. The van der Waals surface area contributed by atoms with Crippen molar-refractivity contribution in [1.29, 1.82) is 0 Å². The second-order valence-electron chi connectivity index (χ2n) is 4.27. The van der Waals surface area contributed by atoms with Crippen molar-refractivity contribution >= 4 is 5.97 Å². The van der Waals surface area contributed by atoms with Crippen LogP contribution in [0.15, 0.2) is 0 Å². The second kappa shape index (κ2) is 13.9. The second-order valence-corrected chi connectivity index (χ2v) is 4.27. The average molecular weight is 314 g/mol. The number of carbonyl (C=O) groups is 1. The van der Waals surface area contributed by atoms with Crippen LogP contribution in [0.5, 0.6) is 0 Å². The van der Waals surface area contributed by atoms with E-state index < -0.39 is 0 Å². The van der Waals surface area contributed by atoms with Gasteiger partial charge in [0.2, 0.25) is 0 Å². The van der Waals surface area contributed by atoms with E-state index >= 15 is 0 Å². The number of hydrogen-bond donors (Lipinski definition) is 0. The number of esters is 1. The number of ether oxygens (including phenoxy) is 1. The van der Waals surface area contributed by atoms with Gasteiger partial charge < -0.3 is 4.74 Å². The fourth-order valence-corrected chi connectivity index (χ4v) is 1.73. The Hall–Kier alpha value is -0.0105. The standard InChI is InChI=1S/C12H17O2.C5H5.Fe/c1-2-14-12(13)10-6-5-9-11-7-3-4-8-11;1-2-4-5-3-1;/h3-4,7-8H,2,5-6,9-10H2,1H3;1-5H;. The molecule has 0 aliphatic heterocycles. The molecule has 0 bridgehead atoms. The third kappa shape index (κ3) is 10.7. The number of hydrogen-bond acceptors (Lipinski definition) is 2. The number of unbranched alkanes of at least 4 members (excludes halogenated alkanes) is 1. The fraction of sp³-hybridized carbons (Fsp3) is 0.353. The summed E-state index contributed by atoms with van der Waals surface area (Å²) in [5.74, 6) is 1.28. The van der Waals surface area contributed by atoms with Crippen LogP contribution in [0.4, 0.5) is 0 Å². The Kier molecular flexibility index (Phi) is 13.9. The maximum atomic E-state index is 11.0. The molecule has 2 nitrogen and oxygen atoms in total. The SMILES string of the molecule is CCOC(=O)CCCC[C]1[CH][CH][CH][CH]1.[CH]1[CH][CH][CH][CH]1.[Fe]. The monoisotopic (exact) mass is 314 g/mol. The summed E-state index contributed by atoms with van der Waals surface area (Å²) in [5, 5.41) is 0. The zero-order valence-electron chi connectivity index (χ0n) is 11.9. The van der Waals surface area contributed by atoms with Gasteiger partial charge in [-0.25, -0.2) is 0 Å². The van der Waals surface area contributed by atoms with Crippen molar-refractivity contribution in [1.82, 2.24) is 0 Å². The van der Waals surface area contributed by atoms with Gasteiger partial charge in [0, 0.05) is 23.5 Å². The van der Waals surface area contributed by atoms with E-state index in [9.17, 15) is 4.79 Å². The normalized spacial score (nSPS) is 18.1. The molecule has 2 aliphatic rings. The Morgan fingerprint density at radius 1 is 0.950 bits per heavy atom. The van der Waals surface area contributed by atoms with E-state index in [2.05, 4.69) is 12.8 Å². The molecule has 110 valence electrons. The quantitative estimate of drug-likeness (QED) is 0.426. The van der Waals surface area contributed by atoms with E-state index in [0.717, 1.165) is 19.3 Å². The van der Waals surface area contributed by atoms with Crippen LogP contribution in [-0.2, 0) is 26.6 Å². The van der Waals surface area contributed by atoms with Crippen LogP contribution in [0.3, 0.4) is 0 Å². The molecule has 3 heteroatoms. The minimum absolute atomic E-state index is 0. The summed E-state index contributed by atoms with van der Waals surface area (Å²) in [6, 6.07) is 0. The van der Waals surface area contributed by atoms with Gasteiger partial charge in [-0.05, 0) is 83.5 Å². The molecule has 2 saturated carbocycles. The fourth-order valence-electron chi connectivity index (χ4n) is 1.73. The average Bonchev–Trinajstić information content (AvgIpc) is 3.10. The molecule has 2 rings (SSSR count). The Morgan fingerprint density at radius 3 is 2.00 bits per heavy atom. The van der Waals surface area contributed by atoms with Gasteiger partial charge in [-0.1, -0.05) is 6.42 Å². The summed E-state index contributed by atoms with van der Waals surface area (Å²) in [4.78, 5) is 11.0. The smallest absolute Gasteiger partial charge is 0.305 e. The predicted molar refractivity (Wildman–Crippen MR) is 77.0 cm³/mol. The first-order valence-corrected chi connectivity index (χ1v) is 6.86. The molecule has 10 radical (unpaired) electrons. The summed E-state index contributed by atoms with van der Waals surface area (Å²) in [6.07, 6.45) is 21.9. The molecule has 0 spiro atoms. The third-order valence-corrected chi connectivity index (χ3v) is 2.69. The van der Waals surface area contributed by atoms with Crippen molar-refractivity contribution < 1.29 is 26.6 Å². The summed E-state index contributed by atoms with van der Waals surface area (Å²) in [7, 11) is 0. The largest absolute Gasteiger partial charge is 0.466 e. The molecular formula is C17H22FeO2. The molecule has 20 heavy (non-hydrogen) atoms. The zero-order chi connectivity index (χ0) is 13.8. The first-order chi connectivity index (χ1) is 9.33. The van der Waals surface area contributed by atoms with Gasteiger partial charge in [0.25, 0.3) is 0 Å². The van der Waals surface area contributed by atoms with Crippen LogP contribution in [0.2, 0.25) is 0 Å². The van der Waals surface area contributed by atoms with Gasteiger partial charge in [-0.3, -0.25) is 4.79 Å². The summed E-state index contributed by atoms with van der Waals surface area (Å²) < 4.78 is 4.84. The maximum absolute atomic E-state index is 11.0. The molecule has 0 aromatic heterocycles. The van der Waals surface area contributed by atoms with Crippen molar-refractivity contribution in [3.8, 4) is 0 Å². The molecule has 0 heterocycles. The summed E-state index contributed by atoms with van der Waals surface area (Å²) in [6.45, 7) is 2.32. The molecule has 0 aromatic carbocycles. The van der Waals surface area contributed by atoms with Crippen molar-refractivity contribution in [2.45, 2.75) is 32.6 Å². The van der Waals surface area contributed by atoms with Crippen molar-refractivity contribution in [3.05, 3.63) is 63.7 Å². The van der Waals surface area contributed by atoms with Crippen molar-refractivity contribution in [3.63, 3.8) is 0 Å². The van der Waals surface area contributed by atoms with E-state index in [4.69, 9.17) is 4.74 Å². The van der Waals surface area contributed by atoms with Crippen LogP contribution < -0.4 is 0 Å². The van der Waals surface area contributed by atoms with E-state index in [1.54, 1.807) is 0 Å². The minimum atomic E-state index is -0.0741. The number of carbonyl (C=O) groups excluding carboxylic acids is 1. The molecule has 0 unspecified atom stereocenters. The minimum Gasteiger partial charge on any atom is -0.466 e. The van der Waals surface area contributed by atoms with Gasteiger partial charge in [-0.2, -0.15) is 0 Å². The summed E-state index contributed by atoms with van der Waals surface area (Å²) >= 11 is 0. The number of rotatable bonds is 6.